The Morgan fingerprint density at radius 3 is 2.12 bits per heavy atom. The number of carbonyl (C=O) groups is 2. The Balaban J connectivity index is 0.00000182. The lowest BCUT2D eigenvalue weighted by atomic mass is 9.91. The molecule has 0 spiro atoms. The van der Waals surface area contributed by atoms with Crippen LogP contribution in [0.2, 0.25) is 0 Å². The van der Waals surface area contributed by atoms with Gasteiger partial charge in [-0.25, -0.2) is 0 Å². The predicted octanol–water partition coefficient (Wildman–Crippen LogP) is 0.522. The second-order valence-corrected chi connectivity index (χ2v) is 6.66. The molecule has 0 atom stereocenters. The van der Waals surface area contributed by atoms with E-state index in [1.54, 1.807) is 24.3 Å². The van der Waals surface area contributed by atoms with Gasteiger partial charge >= 0.3 is 0 Å². The summed E-state index contributed by atoms with van der Waals surface area (Å²) < 4.78 is 1.82. The number of fused-ring (bicyclic) bond motifs is 2. The van der Waals surface area contributed by atoms with Gasteiger partial charge in [0, 0.05) is 17.2 Å². The van der Waals surface area contributed by atoms with Crippen LogP contribution in [0.25, 0.3) is 12.2 Å². The number of nitrogens with zero attached hydrogens (tertiary/aromatic N) is 1. The van der Waals surface area contributed by atoms with Crippen molar-refractivity contribution in [1.29, 1.82) is 0 Å². The van der Waals surface area contributed by atoms with E-state index in [2.05, 4.69) is 0 Å². The lowest BCUT2D eigenvalue weighted by molar-refractivity contribution is -0.670. The van der Waals surface area contributed by atoms with E-state index in [1.807, 2.05) is 54.1 Å². The molecule has 5 heteroatoms. The minimum atomic E-state index is -0.0849. The highest BCUT2D eigenvalue weighted by atomic mass is 127. The van der Waals surface area contributed by atoms with E-state index in [0.717, 1.165) is 10.6 Å². The monoisotopic (exact) mass is 459 g/mol. The van der Waals surface area contributed by atoms with Gasteiger partial charge in [-0.3, -0.25) is 9.59 Å². The van der Waals surface area contributed by atoms with Gasteiger partial charge in [-0.1, -0.05) is 65.9 Å². The molecule has 4 rings (SSSR count). The van der Waals surface area contributed by atoms with E-state index in [4.69, 9.17) is 0 Å². The third-order valence-electron chi connectivity index (χ3n) is 4.14. The number of halogens is 1. The van der Waals surface area contributed by atoms with Crippen LogP contribution in [0.15, 0.2) is 54.6 Å². The average Bonchev–Trinajstić information content (AvgIpc) is 2.96. The third kappa shape index (κ3) is 2.98. The first kappa shape index (κ1) is 17.7. The molecule has 124 valence electrons. The summed E-state index contributed by atoms with van der Waals surface area (Å²) in [7, 11) is 1.83. The SMILES string of the molecule is C[n+]1c(/C=C/c2ccccc2)sc2c1C(=O)c1ccccc1C2=O.[I-]. The molecule has 0 aliphatic heterocycles. The third-order valence-corrected chi connectivity index (χ3v) is 5.35. The van der Waals surface area contributed by atoms with Crippen LogP contribution in [-0.4, -0.2) is 11.6 Å². The summed E-state index contributed by atoms with van der Waals surface area (Å²) in [5.74, 6) is -0.154. The standard InChI is InChI=1S/C20H14NO2S.HI/c1-21-16(12-11-13-7-3-2-4-8-13)24-20-17(21)18(22)14-9-5-6-10-15(14)19(20)23;/h2-12H,1H3;1H/q+1;/p-1/b12-11+;. The topological polar surface area (TPSA) is 38.0 Å². The van der Waals surface area contributed by atoms with Crippen molar-refractivity contribution in [3.63, 3.8) is 0 Å². The van der Waals surface area contributed by atoms with Crippen molar-refractivity contribution in [1.82, 2.24) is 0 Å². The van der Waals surface area contributed by atoms with Crippen molar-refractivity contribution < 1.29 is 38.1 Å². The molecule has 0 fully saturated rings. The highest BCUT2D eigenvalue weighted by Gasteiger charge is 2.39. The fraction of sp³-hybridized carbons (Fsp3) is 0.0500. The van der Waals surface area contributed by atoms with Gasteiger partial charge in [0.2, 0.25) is 5.78 Å². The van der Waals surface area contributed by atoms with Crippen LogP contribution in [0.3, 0.4) is 0 Å². The molecule has 2 aromatic carbocycles. The van der Waals surface area contributed by atoms with E-state index in [-0.39, 0.29) is 35.5 Å². The van der Waals surface area contributed by atoms with Crippen LogP contribution in [0.5, 0.6) is 0 Å². The number of carbonyl (C=O) groups excluding carboxylic acids is 2. The van der Waals surface area contributed by atoms with Crippen molar-refractivity contribution in [3.8, 4) is 0 Å². The zero-order valence-electron chi connectivity index (χ0n) is 13.4. The Morgan fingerprint density at radius 1 is 0.840 bits per heavy atom. The Labute approximate surface area is 166 Å². The lowest BCUT2D eigenvalue weighted by Gasteiger charge is -2.10. The Bertz CT molecular complexity index is 1010. The van der Waals surface area contributed by atoms with Gasteiger partial charge in [-0.15, -0.1) is 0 Å². The van der Waals surface area contributed by atoms with Crippen molar-refractivity contribution >= 4 is 35.1 Å². The van der Waals surface area contributed by atoms with E-state index >= 15 is 0 Å². The van der Waals surface area contributed by atoms with E-state index in [1.165, 1.54) is 11.3 Å². The Hall–Kier alpha value is -2.12. The minimum absolute atomic E-state index is 0. The summed E-state index contributed by atoms with van der Waals surface area (Å²) in [4.78, 5) is 26.0. The predicted molar refractivity (Wildman–Crippen MR) is 94.2 cm³/mol. The zero-order valence-corrected chi connectivity index (χ0v) is 16.4. The Kier molecular flexibility index (Phi) is 4.96. The maximum atomic E-state index is 12.8. The minimum Gasteiger partial charge on any atom is -1.00 e. The van der Waals surface area contributed by atoms with Crippen molar-refractivity contribution in [2.45, 2.75) is 0 Å². The number of aromatic nitrogens is 1. The van der Waals surface area contributed by atoms with Gasteiger partial charge < -0.3 is 24.0 Å². The summed E-state index contributed by atoms with van der Waals surface area (Å²) in [6.45, 7) is 0. The van der Waals surface area contributed by atoms with E-state index in [0.29, 0.717) is 21.7 Å². The first-order chi connectivity index (χ1) is 11.7. The van der Waals surface area contributed by atoms with Crippen LogP contribution in [0.4, 0.5) is 0 Å². The van der Waals surface area contributed by atoms with E-state index < -0.39 is 0 Å². The molecule has 1 heterocycles. The molecule has 0 saturated carbocycles. The normalized spacial score (nSPS) is 12.7. The average molecular weight is 459 g/mol. The maximum Gasteiger partial charge on any atom is 0.276 e. The molecular formula is C20H14INO2S. The molecule has 25 heavy (non-hydrogen) atoms. The molecule has 1 aromatic heterocycles. The lowest BCUT2D eigenvalue weighted by Crippen LogP contribution is -3.00. The highest BCUT2D eigenvalue weighted by molar-refractivity contribution is 7.14. The van der Waals surface area contributed by atoms with Gasteiger partial charge in [-0.2, -0.15) is 4.57 Å². The molecule has 0 amide bonds. The van der Waals surface area contributed by atoms with Gasteiger partial charge in [0.25, 0.3) is 16.5 Å². The number of ketones is 2. The smallest absolute Gasteiger partial charge is 0.276 e. The summed E-state index contributed by atoms with van der Waals surface area (Å²) in [6.07, 6.45) is 3.93. The summed E-state index contributed by atoms with van der Waals surface area (Å²) >= 11 is 1.36. The largest absolute Gasteiger partial charge is 1.00 e. The molecule has 1 aliphatic rings. The second-order valence-electron chi connectivity index (χ2n) is 5.62. The number of hydrogen-bond acceptors (Lipinski definition) is 3. The molecule has 0 N–H and O–H groups in total. The Morgan fingerprint density at radius 2 is 1.44 bits per heavy atom. The van der Waals surface area contributed by atoms with Gasteiger partial charge in [0.15, 0.2) is 4.88 Å². The van der Waals surface area contributed by atoms with E-state index in [9.17, 15) is 9.59 Å². The first-order valence-electron chi connectivity index (χ1n) is 7.61. The first-order valence-corrected chi connectivity index (χ1v) is 8.43. The van der Waals surface area contributed by atoms with Crippen LogP contribution in [0, 0.1) is 0 Å². The van der Waals surface area contributed by atoms with Crippen LogP contribution in [-0.2, 0) is 7.05 Å². The molecule has 0 bridgehead atoms. The molecule has 0 unspecified atom stereocenters. The summed E-state index contributed by atoms with van der Waals surface area (Å²) in [6, 6.07) is 17.0. The van der Waals surface area contributed by atoms with Crippen LogP contribution >= 0.6 is 11.3 Å². The molecular weight excluding hydrogens is 445 g/mol. The molecule has 0 radical (unpaired) electrons. The van der Waals surface area contributed by atoms with Gasteiger partial charge in [0.05, 0.1) is 0 Å². The fourth-order valence-electron chi connectivity index (χ4n) is 2.90. The quantitative estimate of drug-likeness (QED) is 0.324. The number of rotatable bonds is 2. The van der Waals surface area contributed by atoms with Gasteiger partial charge in [-0.05, 0) is 11.6 Å². The molecule has 1 aliphatic carbocycles. The number of benzene rings is 2. The number of thiazole rings is 1. The molecule has 0 saturated heterocycles. The zero-order chi connectivity index (χ0) is 16.7. The fourth-order valence-corrected chi connectivity index (χ4v) is 4.00. The highest BCUT2D eigenvalue weighted by Crippen LogP contribution is 2.30. The van der Waals surface area contributed by atoms with Gasteiger partial charge in [0.1, 0.15) is 7.05 Å². The van der Waals surface area contributed by atoms with Crippen molar-refractivity contribution in [2.24, 2.45) is 7.05 Å². The summed E-state index contributed by atoms with van der Waals surface area (Å²) in [5, 5.41) is 0.873. The van der Waals surface area contributed by atoms with Crippen molar-refractivity contribution in [3.05, 3.63) is 86.9 Å². The number of hydrogen-bond donors (Lipinski definition) is 0. The summed E-state index contributed by atoms with van der Waals surface area (Å²) in [5.41, 5.74) is 2.54. The second kappa shape index (κ2) is 7.01. The molecule has 3 nitrogen and oxygen atoms in total. The van der Waals surface area contributed by atoms with Crippen molar-refractivity contribution in [2.75, 3.05) is 0 Å². The molecule has 3 aromatic rings. The van der Waals surface area contributed by atoms with Crippen LogP contribution in [0.1, 0.15) is 41.9 Å². The maximum absolute atomic E-state index is 12.8. The van der Waals surface area contributed by atoms with Crippen LogP contribution < -0.4 is 28.5 Å².